The number of benzene rings is 2. The lowest BCUT2D eigenvalue weighted by molar-refractivity contribution is 0.0686. The van der Waals surface area contributed by atoms with Crippen LogP contribution in [0, 0.1) is 0 Å². The van der Waals surface area contributed by atoms with Gasteiger partial charge in [-0.25, -0.2) is 9.59 Å². The van der Waals surface area contributed by atoms with E-state index in [2.05, 4.69) is 0 Å². The molecule has 0 aliphatic rings. The Labute approximate surface area is 120 Å². The van der Waals surface area contributed by atoms with Crippen molar-refractivity contribution in [2.24, 2.45) is 0 Å². The monoisotopic (exact) mass is 290 g/mol. The average molecular weight is 291 g/mol. The summed E-state index contributed by atoms with van der Waals surface area (Å²) in [6, 6.07) is 12.5. The zero-order valence-corrected chi connectivity index (χ0v) is 11.0. The predicted molar refractivity (Wildman–Crippen MR) is 74.5 cm³/mol. The van der Waals surface area contributed by atoms with Crippen molar-refractivity contribution in [2.45, 2.75) is 5.38 Å². The SMILES string of the molecule is O=C(O)c1ccc(C(Cl)c2ccc(C(=O)O)cc2)cc1. The minimum atomic E-state index is -0.992. The van der Waals surface area contributed by atoms with Crippen molar-refractivity contribution < 1.29 is 19.8 Å². The van der Waals surface area contributed by atoms with E-state index in [1.54, 1.807) is 24.3 Å². The van der Waals surface area contributed by atoms with E-state index in [0.29, 0.717) is 0 Å². The molecule has 20 heavy (non-hydrogen) atoms. The fraction of sp³-hybridized carbons (Fsp3) is 0.0667. The minimum Gasteiger partial charge on any atom is -0.478 e. The molecule has 0 saturated carbocycles. The zero-order chi connectivity index (χ0) is 14.7. The van der Waals surface area contributed by atoms with Crippen molar-refractivity contribution in [1.29, 1.82) is 0 Å². The topological polar surface area (TPSA) is 74.6 Å². The van der Waals surface area contributed by atoms with Gasteiger partial charge in [0.1, 0.15) is 0 Å². The van der Waals surface area contributed by atoms with E-state index >= 15 is 0 Å². The summed E-state index contributed by atoms with van der Waals surface area (Å²) in [5.41, 5.74) is 1.89. The number of carbonyl (C=O) groups is 2. The van der Waals surface area contributed by atoms with Crippen LogP contribution in [0.15, 0.2) is 48.5 Å². The standard InChI is InChI=1S/C15H11ClO4/c16-13(9-1-5-11(6-2-9)14(17)18)10-3-7-12(8-4-10)15(19)20/h1-8,13H,(H,17,18)(H,19,20). The molecule has 0 aliphatic heterocycles. The number of carboxylic acids is 2. The van der Waals surface area contributed by atoms with Gasteiger partial charge >= 0.3 is 11.9 Å². The Bertz CT molecular complexity index is 574. The molecule has 0 heterocycles. The number of aromatic carboxylic acids is 2. The van der Waals surface area contributed by atoms with Crippen LogP contribution in [0.4, 0.5) is 0 Å². The first-order chi connectivity index (χ1) is 9.49. The molecule has 4 nitrogen and oxygen atoms in total. The minimum absolute atomic E-state index is 0.193. The Hall–Kier alpha value is -2.33. The molecule has 5 heteroatoms. The summed E-state index contributed by atoms with van der Waals surface area (Å²) in [6.45, 7) is 0. The van der Waals surface area contributed by atoms with E-state index in [0.717, 1.165) is 11.1 Å². The van der Waals surface area contributed by atoms with E-state index in [9.17, 15) is 9.59 Å². The maximum absolute atomic E-state index is 10.8. The van der Waals surface area contributed by atoms with Crippen molar-refractivity contribution in [2.75, 3.05) is 0 Å². The molecular weight excluding hydrogens is 280 g/mol. The van der Waals surface area contributed by atoms with Crippen molar-refractivity contribution >= 4 is 23.5 Å². The highest BCUT2D eigenvalue weighted by Crippen LogP contribution is 2.29. The fourth-order valence-corrected chi connectivity index (χ4v) is 2.07. The van der Waals surface area contributed by atoms with Crippen LogP contribution in [-0.2, 0) is 0 Å². The molecule has 0 fully saturated rings. The van der Waals surface area contributed by atoms with Crippen LogP contribution in [0.5, 0.6) is 0 Å². The van der Waals surface area contributed by atoms with Crippen LogP contribution < -0.4 is 0 Å². The highest BCUT2D eigenvalue weighted by Gasteiger charge is 2.12. The van der Waals surface area contributed by atoms with Gasteiger partial charge in [-0.2, -0.15) is 0 Å². The van der Waals surface area contributed by atoms with Crippen LogP contribution >= 0.6 is 11.6 Å². The lowest BCUT2D eigenvalue weighted by Gasteiger charge is -2.11. The van der Waals surface area contributed by atoms with E-state index < -0.39 is 17.3 Å². The van der Waals surface area contributed by atoms with Crippen molar-refractivity contribution in [3.8, 4) is 0 Å². The first-order valence-electron chi connectivity index (χ1n) is 5.79. The predicted octanol–water partition coefficient (Wildman–Crippen LogP) is 3.41. The number of hydrogen-bond donors (Lipinski definition) is 2. The summed E-state index contributed by atoms with van der Waals surface area (Å²) in [6.07, 6.45) is 0. The van der Waals surface area contributed by atoms with Crippen LogP contribution in [-0.4, -0.2) is 22.2 Å². The van der Waals surface area contributed by atoms with Gasteiger partial charge < -0.3 is 10.2 Å². The third kappa shape index (κ3) is 2.97. The van der Waals surface area contributed by atoms with Gasteiger partial charge in [-0.1, -0.05) is 24.3 Å². The van der Waals surface area contributed by atoms with Gasteiger partial charge in [-0.05, 0) is 35.4 Å². The third-order valence-corrected chi connectivity index (χ3v) is 3.40. The third-order valence-electron chi connectivity index (χ3n) is 2.90. The van der Waals surface area contributed by atoms with E-state index in [1.165, 1.54) is 24.3 Å². The van der Waals surface area contributed by atoms with Crippen LogP contribution in [0.2, 0.25) is 0 Å². The lowest BCUT2D eigenvalue weighted by atomic mass is 10.0. The van der Waals surface area contributed by atoms with Gasteiger partial charge in [0, 0.05) is 0 Å². The van der Waals surface area contributed by atoms with Gasteiger partial charge in [0.2, 0.25) is 0 Å². The summed E-state index contributed by atoms with van der Waals surface area (Å²) in [7, 11) is 0. The number of carboxylic acid groups (broad SMARTS) is 2. The molecular formula is C15H11ClO4. The highest BCUT2D eigenvalue weighted by atomic mass is 35.5. The molecule has 2 aromatic carbocycles. The van der Waals surface area contributed by atoms with Crippen LogP contribution in [0.25, 0.3) is 0 Å². The summed E-state index contributed by atoms with van der Waals surface area (Å²) in [4.78, 5) is 21.5. The number of halogens is 1. The quantitative estimate of drug-likeness (QED) is 0.846. The highest BCUT2D eigenvalue weighted by molar-refractivity contribution is 6.22. The molecule has 2 aromatic rings. The molecule has 2 N–H and O–H groups in total. The molecule has 102 valence electrons. The summed E-state index contributed by atoms with van der Waals surface area (Å²) < 4.78 is 0. The van der Waals surface area contributed by atoms with Crippen LogP contribution in [0.1, 0.15) is 37.2 Å². The Kier molecular flexibility index (Phi) is 4.05. The van der Waals surface area contributed by atoms with Gasteiger partial charge in [0.05, 0.1) is 16.5 Å². The van der Waals surface area contributed by atoms with E-state index in [4.69, 9.17) is 21.8 Å². The first kappa shape index (κ1) is 14.1. The zero-order valence-electron chi connectivity index (χ0n) is 10.3. The first-order valence-corrected chi connectivity index (χ1v) is 6.23. The summed E-state index contributed by atoms with van der Waals surface area (Å²) >= 11 is 6.30. The molecule has 0 atom stereocenters. The van der Waals surface area contributed by atoms with Gasteiger partial charge in [-0.3, -0.25) is 0 Å². The molecule has 2 rings (SSSR count). The average Bonchev–Trinajstić information content (AvgIpc) is 2.46. The molecule has 0 aromatic heterocycles. The Balaban J connectivity index is 2.24. The second kappa shape index (κ2) is 5.75. The lowest BCUT2D eigenvalue weighted by Crippen LogP contribution is -1.99. The number of rotatable bonds is 4. The molecule has 0 spiro atoms. The second-order valence-electron chi connectivity index (χ2n) is 4.22. The maximum Gasteiger partial charge on any atom is 0.335 e. The fourth-order valence-electron chi connectivity index (χ4n) is 1.78. The van der Waals surface area contributed by atoms with Crippen molar-refractivity contribution in [3.05, 3.63) is 70.8 Å². The number of alkyl halides is 1. The Morgan fingerprint density at radius 2 is 1.05 bits per heavy atom. The summed E-state index contributed by atoms with van der Waals surface area (Å²) in [5.74, 6) is -1.98. The molecule has 0 amide bonds. The van der Waals surface area contributed by atoms with E-state index in [1.807, 2.05) is 0 Å². The van der Waals surface area contributed by atoms with Gasteiger partial charge in [-0.15, -0.1) is 11.6 Å². The smallest absolute Gasteiger partial charge is 0.335 e. The Morgan fingerprint density at radius 1 is 0.750 bits per heavy atom. The molecule has 0 aliphatic carbocycles. The van der Waals surface area contributed by atoms with Gasteiger partial charge in [0.25, 0.3) is 0 Å². The van der Waals surface area contributed by atoms with E-state index in [-0.39, 0.29) is 11.1 Å². The van der Waals surface area contributed by atoms with Crippen LogP contribution in [0.3, 0.4) is 0 Å². The van der Waals surface area contributed by atoms with Crippen molar-refractivity contribution in [1.82, 2.24) is 0 Å². The molecule has 0 bridgehead atoms. The molecule has 0 unspecified atom stereocenters. The normalized spacial score (nSPS) is 10.5. The largest absolute Gasteiger partial charge is 0.478 e. The van der Waals surface area contributed by atoms with Gasteiger partial charge in [0.15, 0.2) is 0 Å². The van der Waals surface area contributed by atoms with Crippen molar-refractivity contribution in [3.63, 3.8) is 0 Å². The maximum atomic E-state index is 10.8. The molecule has 0 saturated heterocycles. The number of hydrogen-bond acceptors (Lipinski definition) is 2. The second-order valence-corrected chi connectivity index (χ2v) is 4.65. The summed E-state index contributed by atoms with van der Waals surface area (Å²) in [5, 5.41) is 17.2. The molecule has 0 radical (unpaired) electrons. The Morgan fingerprint density at radius 3 is 1.30 bits per heavy atom.